The number of rotatable bonds is 4. The molecule has 24 heavy (non-hydrogen) atoms. The van der Waals surface area contributed by atoms with Gasteiger partial charge >= 0.3 is 11.9 Å². The van der Waals surface area contributed by atoms with Crippen molar-refractivity contribution in [2.45, 2.75) is 27.1 Å². The Morgan fingerprint density at radius 3 is 2.29 bits per heavy atom. The van der Waals surface area contributed by atoms with Crippen LogP contribution in [0.25, 0.3) is 11.2 Å². The van der Waals surface area contributed by atoms with E-state index < -0.39 is 29.7 Å². The molecule has 0 aliphatic rings. The predicted molar refractivity (Wildman–Crippen MR) is 78.5 cm³/mol. The van der Waals surface area contributed by atoms with Crippen molar-refractivity contribution in [2.75, 3.05) is 5.32 Å². The van der Waals surface area contributed by atoms with Gasteiger partial charge in [-0.3, -0.25) is 29.5 Å². The maximum absolute atomic E-state index is 12.0. The molecule has 2 heterocycles. The average molecular weight is 335 g/mol. The minimum Gasteiger partial charge on any atom is -0.419 e. The highest BCUT2D eigenvalue weighted by molar-refractivity contribution is 5.87. The number of esters is 2. The van der Waals surface area contributed by atoms with Gasteiger partial charge in [0.1, 0.15) is 5.69 Å². The van der Waals surface area contributed by atoms with Crippen LogP contribution in [0.3, 0.4) is 0 Å². The molecule has 0 atom stereocenters. The normalized spacial score (nSPS) is 10.5. The monoisotopic (exact) mass is 335 g/mol. The number of nitrogens with zero attached hydrogens (tertiary/aromatic N) is 3. The summed E-state index contributed by atoms with van der Waals surface area (Å²) in [6, 6.07) is 0. The topological polar surface area (TPSA) is 153 Å². The molecule has 1 amide bonds. The van der Waals surface area contributed by atoms with E-state index in [-0.39, 0.29) is 22.8 Å². The van der Waals surface area contributed by atoms with E-state index in [9.17, 15) is 19.2 Å². The van der Waals surface area contributed by atoms with Crippen LogP contribution in [0.15, 0.2) is 11.0 Å². The van der Waals surface area contributed by atoms with Crippen LogP contribution in [0, 0.1) is 0 Å². The SMILES string of the molecule is CC(=O)Nc1nc2ncc(C(OC(C)=O)OC(C)=O)nc2c(=O)[nH]1. The van der Waals surface area contributed by atoms with E-state index in [1.807, 2.05) is 0 Å². The summed E-state index contributed by atoms with van der Waals surface area (Å²) in [5.41, 5.74) is -0.962. The molecule has 0 spiro atoms. The molecule has 2 N–H and O–H groups in total. The molecular formula is C13H13N5O6. The first-order valence-electron chi connectivity index (χ1n) is 6.65. The van der Waals surface area contributed by atoms with Gasteiger partial charge in [0, 0.05) is 20.8 Å². The van der Waals surface area contributed by atoms with Crippen LogP contribution in [0.1, 0.15) is 32.8 Å². The first-order valence-corrected chi connectivity index (χ1v) is 6.65. The molecule has 0 saturated heterocycles. The predicted octanol–water partition coefficient (Wildman–Crippen LogP) is -0.204. The summed E-state index contributed by atoms with van der Waals surface area (Å²) >= 11 is 0. The zero-order chi connectivity index (χ0) is 17.9. The molecule has 0 bridgehead atoms. The second-order valence-corrected chi connectivity index (χ2v) is 4.61. The molecule has 2 aromatic rings. The Kier molecular flexibility index (Phi) is 4.82. The Morgan fingerprint density at radius 1 is 1.12 bits per heavy atom. The van der Waals surface area contributed by atoms with Crippen molar-refractivity contribution >= 4 is 35.0 Å². The van der Waals surface area contributed by atoms with Crippen molar-refractivity contribution in [1.82, 2.24) is 19.9 Å². The van der Waals surface area contributed by atoms with Gasteiger partial charge in [0.2, 0.25) is 11.9 Å². The van der Waals surface area contributed by atoms with Crippen LogP contribution >= 0.6 is 0 Å². The summed E-state index contributed by atoms with van der Waals surface area (Å²) in [5, 5.41) is 2.32. The number of hydrogen-bond donors (Lipinski definition) is 2. The molecule has 11 nitrogen and oxygen atoms in total. The number of nitrogens with one attached hydrogen (secondary N) is 2. The lowest BCUT2D eigenvalue weighted by molar-refractivity contribution is -0.187. The quantitative estimate of drug-likeness (QED) is 0.571. The second kappa shape index (κ2) is 6.81. The summed E-state index contributed by atoms with van der Waals surface area (Å²) in [7, 11) is 0. The van der Waals surface area contributed by atoms with Gasteiger partial charge in [0.05, 0.1) is 6.20 Å². The van der Waals surface area contributed by atoms with Crippen LogP contribution in [0.2, 0.25) is 0 Å². The van der Waals surface area contributed by atoms with Crippen molar-refractivity contribution < 1.29 is 23.9 Å². The number of ether oxygens (including phenoxy) is 2. The van der Waals surface area contributed by atoms with Gasteiger partial charge in [-0.25, -0.2) is 9.97 Å². The van der Waals surface area contributed by atoms with E-state index in [1.165, 1.54) is 6.92 Å². The number of carbonyl (C=O) groups is 3. The Balaban J connectivity index is 2.47. The Bertz CT molecular complexity index is 861. The number of carbonyl (C=O) groups excluding carboxylic acids is 3. The standard InChI is InChI=1S/C13H13N5O6/c1-5(19)15-13-17-10-9(11(22)18-13)16-8(4-14-10)12(23-6(2)20)24-7(3)21/h4,12H,1-3H3,(H2,14,15,17,18,19,22). The molecule has 0 unspecified atom stereocenters. The summed E-state index contributed by atoms with van der Waals surface area (Å²) in [6.45, 7) is 3.50. The van der Waals surface area contributed by atoms with Crippen molar-refractivity contribution in [3.8, 4) is 0 Å². The molecule has 0 saturated carbocycles. The van der Waals surface area contributed by atoms with E-state index in [0.717, 1.165) is 20.0 Å². The van der Waals surface area contributed by atoms with Gasteiger partial charge in [0.25, 0.3) is 11.8 Å². The van der Waals surface area contributed by atoms with Gasteiger partial charge in [-0.1, -0.05) is 0 Å². The van der Waals surface area contributed by atoms with Gasteiger partial charge < -0.3 is 9.47 Å². The van der Waals surface area contributed by atoms with Gasteiger partial charge in [-0.2, -0.15) is 4.98 Å². The lowest BCUT2D eigenvalue weighted by atomic mass is 10.4. The maximum atomic E-state index is 12.0. The molecule has 0 aliphatic carbocycles. The summed E-state index contributed by atoms with van der Waals surface area (Å²) in [5.74, 6) is -1.93. The van der Waals surface area contributed by atoms with Crippen LogP contribution in [0.5, 0.6) is 0 Å². The number of amides is 1. The maximum Gasteiger partial charge on any atom is 0.306 e. The van der Waals surface area contributed by atoms with Crippen molar-refractivity contribution in [3.05, 3.63) is 22.2 Å². The van der Waals surface area contributed by atoms with Crippen LogP contribution in [-0.4, -0.2) is 37.8 Å². The molecular weight excluding hydrogens is 322 g/mol. The van der Waals surface area contributed by atoms with Gasteiger partial charge in [-0.15, -0.1) is 0 Å². The second-order valence-electron chi connectivity index (χ2n) is 4.61. The van der Waals surface area contributed by atoms with Crippen LogP contribution in [0.4, 0.5) is 5.95 Å². The number of aromatic amines is 1. The largest absolute Gasteiger partial charge is 0.419 e. The van der Waals surface area contributed by atoms with Crippen LogP contribution < -0.4 is 10.9 Å². The Morgan fingerprint density at radius 2 is 1.75 bits per heavy atom. The first-order chi connectivity index (χ1) is 11.3. The smallest absolute Gasteiger partial charge is 0.306 e. The molecule has 2 rings (SSSR count). The number of hydrogen-bond acceptors (Lipinski definition) is 9. The number of aromatic nitrogens is 4. The fourth-order valence-electron chi connectivity index (χ4n) is 1.72. The summed E-state index contributed by atoms with van der Waals surface area (Å²) in [6.07, 6.45) is -0.297. The molecule has 0 radical (unpaired) electrons. The molecule has 2 aromatic heterocycles. The third-order valence-electron chi connectivity index (χ3n) is 2.52. The van der Waals surface area contributed by atoms with Gasteiger partial charge in [-0.05, 0) is 0 Å². The van der Waals surface area contributed by atoms with E-state index in [0.29, 0.717) is 0 Å². The highest BCUT2D eigenvalue weighted by Crippen LogP contribution is 2.18. The average Bonchev–Trinajstić information content (AvgIpc) is 2.44. The summed E-state index contributed by atoms with van der Waals surface area (Å²) in [4.78, 5) is 59.4. The number of anilines is 1. The summed E-state index contributed by atoms with van der Waals surface area (Å²) < 4.78 is 9.68. The minimum absolute atomic E-state index is 0.0457. The lowest BCUT2D eigenvalue weighted by Gasteiger charge is -2.15. The van der Waals surface area contributed by atoms with Gasteiger partial charge in [0.15, 0.2) is 11.2 Å². The van der Waals surface area contributed by atoms with E-state index in [4.69, 9.17) is 9.47 Å². The Hall–Kier alpha value is -3.37. The fraction of sp³-hybridized carbons (Fsp3) is 0.308. The van der Waals surface area contributed by atoms with Crippen LogP contribution in [-0.2, 0) is 23.9 Å². The molecule has 11 heteroatoms. The minimum atomic E-state index is -1.44. The zero-order valence-electron chi connectivity index (χ0n) is 12.9. The highest BCUT2D eigenvalue weighted by atomic mass is 16.7. The van der Waals surface area contributed by atoms with E-state index >= 15 is 0 Å². The highest BCUT2D eigenvalue weighted by Gasteiger charge is 2.21. The molecule has 0 aliphatic heterocycles. The third-order valence-corrected chi connectivity index (χ3v) is 2.52. The number of fused-ring (bicyclic) bond motifs is 1. The number of H-pyrrole nitrogens is 1. The lowest BCUT2D eigenvalue weighted by Crippen LogP contribution is -2.20. The molecule has 126 valence electrons. The third kappa shape index (κ3) is 4.09. The Labute approximate surface area is 134 Å². The van der Waals surface area contributed by atoms with Crippen molar-refractivity contribution in [1.29, 1.82) is 0 Å². The van der Waals surface area contributed by atoms with E-state index in [2.05, 4.69) is 25.3 Å². The van der Waals surface area contributed by atoms with Crippen molar-refractivity contribution in [2.24, 2.45) is 0 Å². The zero-order valence-corrected chi connectivity index (χ0v) is 12.9. The fourth-order valence-corrected chi connectivity index (χ4v) is 1.72. The van der Waals surface area contributed by atoms with Crippen molar-refractivity contribution in [3.63, 3.8) is 0 Å². The first kappa shape index (κ1) is 17.0. The van der Waals surface area contributed by atoms with E-state index in [1.54, 1.807) is 0 Å². The molecule has 0 fully saturated rings. The molecule has 0 aromatic carbocycles.